The van der Waals surface area contributed by atoms with Crippen LogP contribution < -0.4 is 4.89 Å². The maximum atomic E-state index is 12.8. The number of phosphoric ester groups is 1. The summed E-state index contributed by atoms with van der Waals surface area (Å²) < 4.78 is 34.1. The van der Waals surface area contributed by atoms with Gasteiger partial charge in [-0.05, 0) is 96.3 Å². The van der Waals surface area contributed by atoms with Gasteiger partial charge in [0.2, 0.25) is 0 Å². The molecule has 68 heavy (non-hydrogen) atoms. The highest BCUT2D eigenvalue weighted by molar-refractivity contribution is 7.45. The first-order valence-electron chi connectivity index (χ1n) is 26.6. The number of ether oxygens (including phenoxy) is 2. The van der Waals surface area contributed by atoms with E-state index >= 15 is 0 Å². The molecule has 0 saturated carbocycles. The van der Waals surface area contributed by atoms with Gasteiger partial charge in [-0.3, -0.25) is 14.2 Å². The van der Waals surface area contributed by atoms with Crippen LogP contribution in [0.1, 0.15) is 194 Å². The van der Waals surface area contributed by atoms with E-state index < -0.39 is 32.5 Å². The van der Waals surface area contributed by atoms with Crippen molar-refractivity contribution in [1.29, 1.82) is 0 Å². The third-order valence-electron chi connectivity index (χ3n) is 10.8. The normalized spacial score (nSPS) is 14.3. The van der Waals surface area contributed by atoms with Gasteiger partial charge < -0.3 is 27.9 Å². The van der Waals surface area contributed by atoms with Crippen LogP contribution >= 0.6 is 7.82 Å². The number of carbonyl (C=O) groups excluding carboxylic acids is 2. The van der Waals surface area contributed by atoms with E-state index in [4.69, 9.17) is 18.5 Å². The summed E-state index contributed by atoms with van der Waals surface area (Å²) in [4.78, 5) is 37.8. The molecular weight excluding hydrogens is 870 g/mol. The Labute approximate surface area is 416 Å². The molecule has 2 atom stereocenters. The van der Waals surface area contributed by atoms with Crippen LogP contribution in [0.25, 0.3) is 0 Å². The minimum absolute atomic E-state index is 0.0410. The topological polar surface area (TPSA) is 111 Å². The number of esters is 2. The highest BCUT2D eigenvalue weighted by atomic mass is 31.2. The lowest BCUT2D eigenvalue weighted by atomic mass is 10.1. The lowest BCUT2D eigenvalue weighted by Gasteiger charge is -2.28. The Morgan fingerprint density at radius 3 is 1.18 bits per heavy atom. The molecule has 0 spiro atoms. The standard InChI is InChI=1S/C58H98NO8P/c1-6-8-10-12-14-16-18-20-22-24-26-28-29-31-33-35-37-39-41-43-45-47-49-51-58(61)67-56(55-66-68(62,63)65-53-52-59(3,4)5)54-64-57(60)50-48-46-44-42-40-38-36-34-32-30-27-25-23-21-19-17-15-13-11-9-7-2/h8-11,14-17,20-23,26-28,30-31,33,56H,6-7,12-13,18-19,24-25,29,32,34-55H2,1-5H3/b10-8-,11-9-,16-14-,17-15-,22-20-,23-21-,28-26-,30-27-,33-31-. The van der Waals surface area contributed by atoms with Crippen molar-refractivity contribution in [2.24, 2.45) is 0 Å². The number of hydrogen-bond donors (Lipinski definition) is 0. The molecule has 0 amide bonds. The van der Waals surface area contributed by atoms with Crippen molar-refractivity contribution in [2.45, 2.75) is 200 Å². The molecule has 0 aliphatic rings. The smallest absolute Gasteiger partial charge is 0.306 e. The van der Waals surface area contributed by atoms with Crippen molar-refractivity contribution in [3.8, 4) is 0 Å². The lowest BCUT2D eigenvalue weighted by molar-refractivity contribution is -0.870. The zero-order valence-corrected chi connectivity index (χ0v) is 44.7. The van der Waals surface area contributed by atoms with Gasteiger partial charge in [-0.2, -0.15) is 0 Å². The van der Waals surface area contributed by atoms with Crippen LogP contribution in [-0.4, -0.2) is 70.0 Å². The fraction of sp³-hybridized carbons (Fsp3) is 0.655. The number of carbonyl (C=O) groups is 2. The van der Waals surface area contributed by atoms with E-state index in [9.17, 15) is 19.0 Å². The molecular formula is C58H98NO8P. The van der Waals surface area contributed by atoms with E-state index in [1.807, 2.05) is 21.1 Å². The Hall–Kier alpha value is -3.33. The lowest BCUT2D eigenvalue weighted by Crippen LogP contribution is -2.37. The predicted octanol–water partition coefficient (Wildman–Crippen LogP) is 15.6. The minimum Gasteiger partial charge on any atom is -0.756 e. The molecule has 0 aromatic heterocycles. The summed E-state index contributed by atoms with van der Waals surface area (Å²) in [6, 6.07) is 0. The highest BCUT2D eigenvalue weighted by Crippen LogP contribution is 2.38. The molecule has 0 aliphatic heterocycles. The van der Waals surface area contributed by atoms with E-state index in [-0.39, 0.29) is 26.1 Å². The van der Waals surface area contributed by atoms with Crippen molar-refractivity contribution >= 4 is 19.8 Å². The first-order valence-corrected chi connectivity index (χ1v) is 28.1. The number of rotatable bonds is 47. The summed E-state index contributed by atoms with van der Waals surface area (Å²) in [5.74, 6) is -0.864. The summed E-state index contributed by atoms with van der Waals surface area (Å²) in [6.45, 7) is 3.97. The van der Waals surface area contributed by atoms with E-state index in [1.165, 1.54) is 44.9 Å². The van der Waals surface area contributed by atoms with Crippen LogP contribution in [-0.2, 0) is 32.7 Å². The SMILES string of the molecule is CC/C=C\C/C=C\C/C=C\C/C=C\C/C=C\CCCCCCCCCC(=O)OC(COC(=O)CCCCCCCCCC/C=C\C/C=C\C/C=C\C/C=C\CC)COP(=O)([O-])OCC[N+](C)(C)C. The molecule has 0 rings (SSSR count). The Balaban J connectivity index is 4.30. The van der Waals surface area contributed by atoms with Crippen molar-refractivity contribution in [3.63, 3.8) is 0 Å². The van der Waals surface area contributed by atoms with E-state index in [0.29, 0.717) is 23.9 Å². The Bertz CT molecular complexity index is 1520. The molecule has 0 N–H and O–H groups in total. The van der Waals surface area contributed by atoms with Crippen LogP contribution in [0.5, 0.6) is 0 Å². The number of phosphoric acid groups is 1. The molecule has 0 radical (unpaired) electrons. The van der Waals surface area contributed by atoms with Crippen LogP contribution in [0, 0.1) is 0 Å². The number of likely N-dealkylation sites (N-methyl/N-ethyl adjacent to an activating group) is 1. The predicted molar refractivity (Wildman–Crippen MR) is 286 cm³/mol. The van der Waals surface area contributed by atoms with Crippen LogP contribution in [0.4, 0.5) is 0 Å². The second kappa shape index (κ2) is 48.7. The first-order chi connectivity index (χ1) is 33.0. The number of unbranched alkanes of at least 4 members (excludes halogenated alkanes) is 15. The Morgan fingerprint density at radius 2 is 0.794 bits per heavy atom. The molecule has 9 nitrogen and oxygen atoms in total. The molecule has 0 aromatic rings. The molecule has 388 valence electrons. The zero-order chi connectivity index (χ0) is 49.9. The van der Waals surface area contributed by atoms with Gasteiger partial charge in [0.15, 0.2) is 6.10 Å². The van der Waals surface area contributed by atoms with Gasteiger partial charge in [0.25, 0.3) is 7.82 Å². The average molecular weight is 968 g/mol. The number of hydrogen-bond acceptors (Lipinski definition) is 8. The van der Waals surface area contributed by atoms with E-state index in [1.54, 1.807) is 0 Å². The van der Waals surface area contributed by atoms with Gasteiger partial charge in [-0.15, -0.1) is 0 Å². The first kappa shape index (κ1) is 64.7. The quantitative estimate of drug-likeness (QED) is 0.0195. The monoisotopic (exact) mass is 968 g/mol. The second-order valence-electron chi connectivity index (χ2n) is 18.5. The van der Waals surface area contributed by atoms with E-state index in [0.717, 1.165) is 109 Å². The van der Waals surface area contributed by atoms with Gasteiger partial charge in [-0.25, -0.2) is 0 Å². The minimum atomic E-state index is -4.65. The maximum Gasteiger partial charge on any atom is 0.306 e. The summed E-state index contributed by atoms with van der Waals surface area (Å²) in [5, 5.41) is 0. The fourth-order valence-electron chi connectivity index (χ4n) is 6.73. The fourth-order valence-corrected chi connectivity index (χ4v) is 7.46. The number of allylic oxidation sites excluding steroid dienone is 18. The summed E-state index contributed by atoms with van der Waals surface area (Å²) in [7, 11) is 1.13. The van der Waals surface area contributed by atoms with Gasteiger partial charge in [0.05, 0.1) is 27.7 Å². The van der Waals surface area contributed by atoms with Gasteiger partial charge in [0, 0.05) is 12.8 Å². The largest absolute Gasteiger partial charge is 0.756 e. The van der Waals surface area contributed by atoms with Crippen LogP contribution in [0.3, 0.4) is 0 Å². The maximum absolute atomic E-state index is 12.8. The third-order valence-corrected chi connectivity index (χ3v) is 11.8. The summed E-state index contributed by atoms with van der Waals surface area (Å²) in [6.07, 6.45) is 66.8. The number of quaternary nitrogens is 1. The second-order valence-corrected chi connectivity index (χ2v) is 19.9. The van der Waals surface area contributed by atoms with Gasteiger partial charge in [-0.1, -0.05) is 194 Å². The molecule has 10 heteroatoms. The molecule has 0 aromatic carbocycles. The van der Waals surface area contributed by atoms with Crippen molar-refractivity contribution in [1.82, 2.24) is 0 Å². The van der Waals surface area contributed by atoms with Crippen molar-refractivity contribution in [2.75, 3.05) is 47.5 Å². The van der Waals surface area contributed by atoms with Crippen molar-refractivity contribution < 1.29 is 42.1 Å². The molecule has 0 aliphatic carbocycles. The molecule has 2 unspecified atom stereocenters. The average Bonchev–Trinajstić information content (AvgIpc) is 3.30. The van der Waals surface area contributed by atoms with Crippen molar-refractivity contribution in [3.05, 3.63) is 109 Å². The Kier molecular flexibility index (Phi) is 46.3. The molecule has 0 fully saturated rings. The highest BCUT2D eigenvalue weighted by Gasteiger charge is 2.21. The Morgan fingerprint density at radius 1 is 0.456 bits per heavy atom. The molecule has 0 heterocycles. The molecule has 0 saturated heterocycles. The van der Waals surface area contributed by atoms with Gasteiger partial charge in [0.1, 0.15) is 19.8 Å². The molecule has 0 bridgehead atoms. The van der Waals surface area contributed by atoms with Crippen LogP contribution in [0.15, 0.2) is 109 Å². The number of nitrogens with zero attached hydrogens (tertiary/aromatic N) is 1. The van der Waals surface area contributed by atoms with Gasteiger partial charge >= 0.3 is 11.9 Å². The van der Waals surface area contributed by atoms with Crippen LogP contribution in [0.2, 0.25) is 0 Å². The summed E-state index contributed by atoms with van der Waals surface area (Å²) in [5.41, 5.74) is 0. The van der Waals surface area contributed by atoms with E-state index in [2.05, 4.69) is 123 Å². The third kappa shape index (κ3) is 52.0. The summed E-state index contributed by atoms with van der Waals surface area (Å²) >= 11 is 0. The zero-order valence-electron chi connectivity index (χ0n) is 43.8.